The number of amides is 2. The average molecular weight is 493 g/mol. The molecule has 4 nitrogen and oxygen atoms in total. The van der Waals surface area contributed by atoms with Gasteiger partial charge in [-0.2, -0.15) is 13.2 Å². The van der Waals surface area contributed by atoms with Gasteiger partial charge in [-0.05, 0) is 48.2 Å². The van der Waals surface area contributed by atoms with E-state index >= 15 is 0 Å². The van der Waals surface area contributed by atoms with Gasteiger partial charge < -0.3 is 9.80 Å². The fraction of sp³-hybridized carbons (Fsp3) is 0.310. The van der Waals surface area contributed by atoms with E-state index in [2.05, 4.69) is 6.07 Å². The van der Waals surface area contributed by atoms with Crippen molar-refractivity contribution in [3.05, 3.63) is 106 Å². The Balaban J connectivity index is 1.45. The lowest BCUT2D eigenvalue weighted by molar-refractivity contribution is -0.137. The Morgan fingerprint density at radius 2 is 1.58 bits per heavy atom. The zero-order valence-electron chi connectivity index (χ0n) is 20.0. The van der Waals surface area contributed by atoms with Crippen molar-refractivity contribution < 1.29 is 22.8 Å². The molecule has 3 aromatic rings. The summed E-state index contributed by atoms with van der Waals surface area (Å²) >= 11 is 0. The smallest absolute Gasteiger partial charge is 0.338 e. The number of halogens is 3. The second-order valence-corrected chi connectivity index (χ2v) is 9.69. The molecule has 2 aliphatic rings. The van der Waals surface area contributed by atoms with Gasteiger partial charge in [-0.25, -0.2) is 0 Å². The van der Waals surface area contributed by atoms with Crippen LogP contribution >= 0.6 is 0 Å². The van der Waals surface area contributed by atoms with Crippen LogP contribution in [0, 0.1) is 12.8 Å². The molecule has 2 atom stereocenters. The third-order valence-corrected chi connectivity index (χ3v) is 7.31. The molecule has 2 aliphatic heterocycles. The van der Waals surface area contributed by atoms with E-state index < -0.39 is 23.6 Å². The number of carbonyl (C=O) groups excluding carboxylic acids is 2. The Bertz CT molecular complexity index is 1290. The number of hydrogen-bond acceptors (Lipinski definition) is 2. The van der Waals surface area contributed by atoms with Gasteiger partial charge in [0.25, 0.3) is 5.91 Å². The first-order valence-corrected chi connectivity index (χ1v) is 12.1. The molecule has 0 N–H and O–H groups in total. The Kier molecular flexibility index (Phi) is 6.33. The fourth-order valence-corrected chi connectivity index (χ4v) is 5.30. The maximum absolute atomic E-state index is 13.8. The summed E-state index contributed by atoms with van der Waals surface area (Å²) in [6, 6.07) is 20.3. The minimum Gasteiger partial charge on any atom is -0.338 e. The molecular weight excluding hydrogens is 465 g/mol. The fourth-order valence-electron chi connectivity index (χ4n) is 5.30. The predicted octanol–water partition coefficient (Wildman–Crippen LogP) is 5.45. The van der Waals surface area contributed by atoms with E-state index in [0.29, 0.717) is 24.2 Å². The molecule has 36 heavy (non-hydrogen) atoms. The topological polar surface area (TPSA) is 40.6 Å². The van der Waals surface area contributed by atoms with Gasteiger partial charge in [-0.3, -0.25) is 9.59 Å². The van der Waals surface area contributed by atoms with E-state index in [1.54, 1.807) is 28.0 Å². The van der Waals surface area contributed by atoms with Crippen molar-refractivity contribution >= 4 is 11.8 Å². The minimum absolute atomic E-state index is 0.119. The van der Waals surface area contributed by atoms with Gasteiger partial charge in [0.1, 0.15) is 0 Å². The molecule has 5 rings (SSSR count). The monoisotopic (exact) mass is 492 g/mol. The standard InChI is InChI=1S/C29H27F3N2O2/c1-19-9-11-21(12-10-19)27(35)34-17-25(22-7-4-8-24(15-22)29(30,31)32)26(18-34)28(36)33-14-13-20-5-2-3-6-23(20)16-33/h2-12,15,25-26H,13-14,16-18H2,1H3. The minimum atomic E-state index is -4.48. The molecule has 2 amide bonds. The van der Waals surface area contributed by atoms with E-state index in [9.17, 15) is 22.8 Å². The summed E-state index contributed by atoms with van der Waals surface area (Å²) in [4.78, 5) is 30.5. The number of alkyl halides is 3. The highest BCUT2D eigenvalue weighted by atomic mass is 19.4. The summed E-state index contributed by atoms with van der Waals surface area (Å²) in [7, 11) is 0. The number of aryl methyl sites for hydroxylation is 1. The van der Waals surface area contributed by atoms with Crippen molar-refractivity contribution in [2.75, 3.05) is 19.6 Å². The number of likely N-dealkylation sites (tertiary alicyclic amines) is 1. The summed E-state index contributed by atoms with van der Waals surface area (Å²) < 4.78 is 40.4. The lowest BCUT2D eigenvalue weighted by Crippen LogP contribution is -2.42. The SMILES string of the molecule is Cc1ccc(C(=O)N2CC(C(=O)N3CCc4ccccc4C3)C(c3cccc(C(F)(F)F)c3)C2)cc1. The van der Waals surface area contributed by atoms with Crippen molar-refractivity contribution in [2.24, 2.45) is 5.92 Å². The molecule has 7 heteroatoms. The van der Waals surface area contributed by atoms with Crippen LogP contribution in [0.25, 0.3) is 0 Å². The lowest BCUT2D eigenvalue weighted by Gasteiger charge is -2.32. The normalized spacial score (nSPS) is 19.8. The molecule has 186 valence electrons. The summed E-state index contributed by atoms with van der Waals surface area (Å²) in [6.45, 7) is 3.30. The van der Waals surface area contributed by atoms with Gasteiger partial charge in [0.2, 0.25) is 5.91 Å². The molecule has 0 aliphatic carbocycles. The maximum atomic E-state index is 13.8. The van der Waals surface area contributed by atoms with Gasteiger partial charge in [-0.1, -0.05) is 60.2 Å². The largest absolute Gasteiger partial charge is 0.416 e. The van der Waals surface area contributed by atoms with Crippen molar-refractivity contribution in [1.82, 2.24) is 9.80 Å². The highest BCUT2D eigenvalue weighted by molar-refractivity contribution is 5.95. The second-order valence-electron chi connectivity index (χ2n) is 9.69. The number of carbonyl (C=O) groups is 2. The first kappa shape index (κ1) is 24.1. The van der Waals surface area contributed by atoms with Crippen molar-refractivity contribution in [3.63, 3.8) is 0 Å². The van der Waals surface area contributed by atoms with Crippen LogP contribution in [0.1, 0.15) is 44.1 Å². The van der Waals surface area contributed by atoms with E-state index in [-0.39, 0.29) is 24.9 Å². The third kappa shape index (κ3) is 4.74. The number of hydrogen-bond donors (Lipinski definition) is 0. The average Bonchev–Trinajstić information content (AvgIpc) is 3.33. The van der Waals surface area contributed by atoms with Crippen LogP contribution in [0.4, 0.5) is 13.2 Å². The van der Waals surface area contributed by atoms with Gasteiger partial charge in [0.15, 0.2) is 0 Å². The molecule has 0 aromatic heterocycles. The van der Waals surface area contributed by atoms with E-state index in [4.69, 9.17) is 0 Å². The Labute approximate surface area is 208 Å². The number of benzene rings is 3. The Hall–Kier alpha value is -3.61. The van der Waals surface area contributed by atoms with Crippen LogP contribution in [-0.2, 0) is 23.9 Å². The first-order chi connectivity index (χ1) is 17.2. The molecule has 2 unspecified atom stereocenters. The van der Waals surface area contributed by atoms with E-state index in [1.165, 1.54) is 11.6 Å². The van der Waals surface area contributed by atoms with Crippen LogP contribution in [0.3, 0.4) is 0 Å². The molecule has 3 aromatic carbocycles. The molecule has 1 saturated heterocycles. The summed E-state index contributed by atoms with van der Waals surface area (Å²) in [5.74, 6) is -1.48. The number of nitrogens with zero attached hydrogens (tertiary/aromatic N) is 2. The molecule has 0 bridgehead atoms. The first-order valence-electron chi connectivity index (χ1n) is 12.1. The van der Waals surface area contributed by atoms with Gasteiger partial charge in [0.05, 0.1) is 11.5 Å². The van der Waals surface area contributed by atoms with E-state index in [1.807, 2.05) is 37.3 Å². The molecular formula is C29H27F3N2O2. The zero-order valence-corrected chi connectivity index (χ0v) is 20.0. The lowest BCUT2D eigenvalue weighted by atomic mass is 9.86. The Morgan fingerprint density at radius 3 is 2.31 bits per heavy atom. The summed E-state index contributed by atoms with van der Waals surface area (Å²) in [6.07, 6.45) is -3.75. The third-order valence-electron chi connectivity index (χ3n) is 7.31. The summed E-state index contributed by atoms with van der Waals surface area (Å²) in [5.41, 5.74) is 3.50. The highest BCUT2D eigenvalue weighted by Crippen LogP contribution is 2.38. The Morgan fingerprint density at radius 1 is 0.861 bits per heavy atom. The predicted molar refractivity (Wildman–Crippen MR) is 130 cm³/mol. The van der Waals surface area contributed by atoms with E-state index in [0.717, 1.165) is 29.7 Å². The van der Waals surface area contributed by atoms with Gasteiger partial charge in [-0.15, -0.1) is 0 Å². The molecule has 0 saturated carbocycles. The molecule has 1 fully saturated rings. The second kappa shape index (κ2) is 9.45. The molecule has 2 heterocycles. The van der Waals surface area contributed by atoms with Crippen LogP contribution < -0.4 is 0 Å². The quantitative estimate of drug-likeness (QED) is 0.488. The summed E-state index contributed by atoms with van der Waals surface area (Å²) in [5, 5.41) is 0. The van der Waals surface area contributed by atoms with Crippen LogP contribution in [0.5, 0.6) is 0 Å². The molecule has 0 radical (unpaired) electrons. The molecule has 0 spiro atoms. The van der Waals surface area contributed by atoms with Crippen molar-refractivity contribution in [3.8, 4) is 0 Å². The van der Waals surface area contributed by atoms with Crippen LogP contribution in [0.2, 0.25) is 0 Å². The van der Waals surface area contributed by atoms with Gasteiger partial charge in [0, 0.05) is 37.7 Å². The highest BCUT2D eigenvalue weighted by Gasteiger charge is 2.43. The number of fused-ring (bicyclic) bond motifs is 1. The van der Waals surface area contributed by atoms with Crippen molar-refractivity contribution in [2.45, 2.75) is 32.0 Å². The maximum Gasteiger partial charge on any atom is 0.416 e. The van der Waals surface area contributed by atoms with Crippen LogP contribution in [-0.4, -0.2) is 41.2 Å². The van der Waals surface area contributed by atoms with Crippen molar-refractivity contribution in [1.29, 1.82) is 0 Å². The van der Waals surface area contributed by atoms with Crippen LogP contribution in [0.15, 0.2) is 72.8 Å². The number of rotatable bonds is 3. The van der Waals surface area contributed by atoms with Gasteiger partial charge >= 0.3 is 6.18 Å². The zero-order chi connectivity index (χ0) is 25.4.